The van der Waals surface area contributed by atoms with Gasteiger partial charge in [-0.15, -0.1) is 11.3 Å². The lowest BCUT2D eigenvalue weighted by Gasteiger charge is -2.14. The zero-order valence-electron chi connectivity index (χ0n) is 12.7. The number of hydrogen-bond acceptors (Lipinski definition) is 4. The number of carbonyl (C=O) groups excluding carboxylic acids is 2. The standard InChI is InChI=1S/C19H14ClNO2S/c20-15-7-5-13(6-8-15)17(22)11-16(18-4-2-10-24-18)19(23)14-3-1-9-21-12-14/h1-10,12,16H,11H2/t16-/m0/s1. The van der Waals surface area contributed by atoms with Crippen molar-refractivity contribution in [2.24, 2.45) is 0 Å². The van der Waals surface area contributed by atoms with E-state index in [0.717, 1.165) is 4.88 Å². The predicted molar refractivity (Wildman–Crippen MR) is 96.0 cm³/mol. The van der Waals surface area contributed by atoms with Crippen LogP contribution in [-0.4, -0.2) is 16.6 Å². The van der Waals surface area contributed by atoms with Crippen LogP contribution in [0.15, 0.2) is 66.3 Å². The van der Waals surface area contributed by atoms with E-state index in [1.165, 1.54) is 17.5 Å². The van der Waals surface area contributed by atoms with Gasteiger partial charge in [-0.1, -0.05) is 17.7 Å². The van der Waals surface area contributed by atoms with Crippen molar-refractivity contribution in [2.75, 3.05) is 0 Å². The van der Waals surface area contributed by atoms with E-state index in [0.29, 0.717) is 16.1 Å². The first-order valence-corrected chi connectivity index (χ1v) is 8.67. The largest absolute Gasteiger partial charge is 0.294 e. The Labute approximate surface area is 148 Å². The van der Waals surface area contributed by atoms with Crippen molar-refractivity contribution in [3.05, 3.63) is 87.3 Å². The van der Waals surface area contributed by atoms with E-state index in [1.54, 1.807) is 42.6 Å². The summed E-state index contributed by atoms with van der Waals surface area (Å²) in [7, 11) is 0. The molecule has 3 aromatic rings. The van der Waals surface area contributed by atoms with Crippen molar-refractivity contribution >= 4 is 34.5 Å². The van der Waals surface area contributed by atoms with Crippen LogP contribution in [-0.2, 0) is 0 Å². The summed E-state index contributed by atoms with van der Waals surface area (Å²) in [6.07, 6.45) is 3.28. The zero-order chi connectivity index (χ0) is 16.9. The Kier molecular flexibility index (Phi) is 5.18. The van der Waals surface area contributed by atoms with Gasteiger partial charge >= 0.3 is 0 Å². The first-order chi connectivity index (χ1) is 11.6. The van der Waals surface area contributed by atoms with E-state index in [-0.39, 0.29) is 18.0 Å². The first kappa shape index (κ1) is 16.6. The molecule has 0 aliphatic heterocycles. The van der Waals surface area contributed by atoms with Gasteiger partial charge in [-0.3, -0.25) is 14.6 Å². The van der Waals surface area contributed by atoms with Crippen LogP contribution >= 0.6 is 22.9 Å². The van der Waals surface area contributed by atoms with E-state index in [1.807, 2.05) is 17.5 Å². The van der Waals surface area contributed by atoms with E-state index in [2.05, 4.69) is 4.98 Å². The van der Waals surface area contributed by atoms with Gasteiger partial charge in [0.2, 0.25) is 0 Å². The van der Waals surface area contributed by atoms with Crippen molar-refractivity contribution in [3.63, 3.8) is 0 Å². The van der Waals surface area contributed by atoms with Crippen molar-refractivity contribution in [1.29, 1.82) is 0 Å². The molecule has 0 N–H and O–H groups in total. The molecule has 3 rings (SSSR count). The number of thiophene rings is 1. The van der Waals surface area contributed by atoms with Gasteiger partial charge in [0.1, 0.15) is 0 Å². The second-order valence-electron chi connectivity index (χ2n) is 5.31. The lowest BCUT2D eigenvalue weighted by molar-refractivity contribution is 0.0894. The van der Waals surface area contributed by atoms with Gasteiger partial charge in [-0.25, -0.2) is 0 Å². The highest BCUT2D eigenvalue weighted by atomic mass is 35.5. The van der Waals surface area contributed by atoms with Gasteiger partial charge < -0.3 is 0 Å². The molecule has 0 spiro atoms. The molecule has 5 heteroatoms. The highest BCUT2D eigenvalue weighted by molar-refractivity contribution is 7.10. The number of aromatic nitrogens is 1. The molecule has 0 saturated heterocycles. The third-order valence-electron chi connectivity index (χ3n) is 3.70. The molecule has 1 aromatic carbocycles. The van der Waals surface area contributed by atoms with Gasteiger partial charge in [0.25, 0.3) is 0 Å². The van der Waals surface area contributed by atoms with Crippen molar-refractivity contribution in [2.45, 2.75) is 12.3 Å². The Hall–Kier alpha value is -2.30. The molecule has 0 amide bonds. The number of halogens is 1. The maximum atomic E-state index is 12.9. The fourth-order valence-corrected chi connectivity index (χ4v) is 3.41. The topological polar surface area (TPSA) is 47.0 Å². The summed E-state index contributed by atoms with van der Waals surface area (Å²) in [6.45, 7) is 0. The molecule has 0 radical (unpaired) electrons. The number of nitrogens with zero attached hydrogens (tertiary/aromatic N) is 1. The van der Waals surface area contributed by atoms with Crippen LogP contribution < -0.4 is 0 Å². The molecule has 1 atom stereocenters. The SMILES string of the molecule is O=C(C[C@H](C(=O)c1cccnc1)c1cccs1)c1ccc(Cl)cc1. The summed E-state index contributed by atoms with van der Waals surface area (Å²) in [6, 6.07) is 13.9. The van der Waals surface area contributed by atoms with Gasteiger partial charge in [-0.2, -0.15) is 0 Å². The summed E-state index contributed by atoms with van der Waals surface area (Å²) in [5.74, 6) is -0.674. The maximum absolute atomic E-state index is 12.9. The number of Topliss-reactive ketones (excluding diaryl/α,β-unsaturated/α-hetero) is 2. The Bertz CT molecular complexity index is 830. The molecular weight excluding hydrogens is 342 g/mol. The van der Waals surface area contributed by atoms with Crippen LogP contribution in [0.4, 0.5) is 0 Å². The molecule has 0 bridgehead atoms. The van der Waals surface area contributed by atoms with Gasteiger partial charge in [0.15, 0.2) is 11.6 Å². The number of ketones is 2. The Morgan fingerprint density at radius 3 is 2.46 bits per heavy atom. The number of rotatable bonds is 6. The lowest BCUT2D eigenvalue weighted by Crippen LogP contribution is -2.16. The van der Waals surface area contributed by atoms with Crippen molar-refractivity contribution in [3.8, 4) is 0 Å². The number of pyridine rings is 1. The number of hydrogen-bond donors (Lipinski definition) is 0. The summed E-state index contributed by atoms with van der Waals surface area (Å²) in [5, 5.41) is 2.49. The maximum Gasteiger partial charge on any atom is 0.173 e. The molecule has 24 heavy (non-hydrogen) atoms. The summed E-state index contributed by atoms with van der Waals surface area (Å²) < 4.78 is 0. The first-order valence-electron chi connectivity index (χ1n) is 7.41. The fraction of sp³-hybridized carbons (Fsp3) is 0.105. The van der Waals surface area contributed by atoms with Gasteiger partial charge in [-0.05, 0) is 47.8 Å². The predicted octanol–water partition coefficient (Wildman–Crippen LogP) is 5.04. The lowest BCUT2D eigenvalue weighted by atomic mass is 9.90. The smallest absolute Gasteiger partial charge is 0.173 e. The molecule has 0 fully saturated rings. The average Bonchev–Trinajstić information content (AvgIpc) is 3.14. The molecule has 0 aliphatic rings. The Morgan fingerprint density at radius 1 is 1.04 bits per heavy atom. The minimum atomic E-state index is -0.502. The number of benzene rings is 1. The monoisotopic (exact) mass is 355 g/mol. The summed E-state index contributed by atoms with van der Waals surface area (Å²) in [4.78, 5) is 30.3. The average molecular weight is 356 g/mol. The van der Waals surface area contributed by atoms with E-state index in [9.17, 15) is 9.59 Å². The van der Waals surface area contributed by atoms with Crippen LogP contribution in [0.2, 0.25) is 5.02 Å². The van der Waals surface area contributed by atoms with E-state index < -0.39 is 5.92 Å². The van der Waals surface area contributed by atoms with Crippen molar-refractivity contribution < 1.29 is 9.59 Å². The Morgan fingerprint density at radius 2 is 1.83 bits per heavy atom. The molecule has 3 nitrogen and oxygen atoms in total. The van der Waals surface area contributed by atoms with Crippen LogP contribution in [0.25, 0.3) is 0 Å². The molecule has 2 aromatic heterocycles. The molecule has 0 unspecified atom stereocenters. The Balaban J connectivity index is 1.87. The van der Waals surface area contributed by atoms with Crippen LogP contribution in [0, 0.1) is 0 Å². The third kappa shape index (κ3) is 3.78. The molecule has 0 saturated carbocycles. The van der Waals surface area contributed by atoms with Gasteiger partial charge in [0.05, 0.1) is 5.92 Å². The third-order valence-corrected chi connectivity index (χ3v) is 4.94. The minimum absolute atomic E-state index is 0.0812. The molecule has 120 valence electrons. The van der Waals surface area contributed by atoms with E-state index in [4.69, 9.17) is 11.6 Å². The molecule has 2 heterocycles. The highest BCUT2D eigenvalue weighted by Gasteiger charge is 2.26. The minimum Gasteiger partial charge on any atom is -0.294 e. The van der Waals surface area contributed by atoms with Gasteiger partial charge in [0, 0.05) is 39.8 Å². The molecular formula is C19H14ClNO2S. The van der Waals surface area contributed by atoms with Crippen LogP contribution in [0.5, 0.6) is 0 Å². The second-order valence-corrected chi connectivity index (χ2v) is 6.72. The quantitative estimate of drug-likeness (QED) is 0.582. The second kappa shape index (κ2) is 7.51. The number of carbonyl (C=O) groups is 2. The summed E-state index contributed by atoms with van der Waals surface area (Å²) in [5.41, 5.74) is 1.07. The molecule has 0 aliphatic carbocycles. The van der Waals surface area contributed by atoms with E-state index >= 15 is 0 Å². The van der Waals surface area contributed by atoms with Crippen LogP contribution in [0.3, 0.4) is 0 Å². The van der Waals surface area contributed by atoms with Crippen molar-refractivity contribution in [1.82, 2.24) is 4.98 Å². The zero-order valence-corrected chi connectivity index (χ0v) is 14.3. The van der Waals surface area contributed by atoms with Crippen LogP contribution in [0.1, 0.15) is 37.9 Å². The normalized spacial score (nSPS) is 11.9. The highest BCUT2D eigenvalue weighted by Crippen LogP contribution is 2.29. The fourth-order valence-electron chi connectivity index (χ4n) is 2.46. The summed E-state index contributed by atoms with van der Waals surface area (Å²) >= 11 is 7.34.